The van der Waals surface area contributed by atoms with E-state index in [0.29, 0.717) is 38.7 Å². The van der Waals surface area contributed by atoms with E-state index in [-0.39, 0.29) is 21.4 Å². The van der Waals surface area contributed by atoms with Crippen LogP contribution in [-0.2, 0) is 20.7 Å². The van der Waals surface area contributed by atoms with Gasteiger partial charge in [-0.2, -0.15) is 0 Å². The molecule has 1 fully saturated rings. The van der Waals surface area contributed by atoms with Crippen molar-refractivity contribution in [1.29, 1.82) is 0 Å². The predicted octanol–water partition coefficient (Wildman–Crippen LogP) is 2.00. The minimum atomic E-state index is -0.506. The number of amides is 1. The van der Waals surface area contributed by atoms with Crippen LogP contribution in [0.15, 0.2) is 54.9 Å². The number of aryl methyl sites for hydroxylation is 1. The second-order valence-electron chi connectivity index (χ2n) is 7.71. The fourth-order valence-electron chi connectivity index (χ4n) is 3.95. The van der Waals surface area contributed by atoms with Crippen molar-refractivity contribution < 1.29 is 14.3 Å². The van der Waals surface area contributed by atoms with Crippen LogP contribution in [0.3, 0.4) is 0 Å². The summed E-state index contributed by atoms with van der Waals surface area (Å²) >= 11 is 0.698. The monoisotopic (exact) mass is 602 g/mol. The van der Waals surface area contributed by atoms with Crippen LogP contribution in [-0.4, -0.2) is 91.8 Å². The van der Waals surface area contributed by atoms with Crippen LogP contribution >= 0.6 is 0 Å². The molecule has 1 aliphatic rings. The van der Waals surface area contributed by atoms with Crippen molar-refractivity contribution in [3.05, 3.63) is 66.0 Å². The molecule has 2 aromatic rings. The molecule has 157 valence electrons. The first-order valence-corrected chi connectivity index (χ1v) is 12.5. The van der Waals surface area contributed by atoms with Crippen LogP contribution in [0.4, 0.5) is 0 Å². The summed E-state index contributed by atoms with van der Waals surface area (Å²) in [5, 5.41) is 0. The van der Waals surface area contributed by atoms with Crippen molar-refractivity contribution in [2.24, 2.45) is 0 Å². The quantitative estimate of drug-likeness (QED) is 0.342. The van der Waals surface area contributed by atoms with E-state index in [0.717, 1.165) is 24.9 Å². The van der Waals surface area contributed by atoms with Gasteiger partial charge in [0.1, 0.15) is 0 Å². The number of hydrogen-bond donors (Lipinski definition) is 0. The molecule has 0 spiro atoms. The summed E-state index contributed by atoms with van der Waals surface area (Å²) in [6, 6.07) is 13.5. The maximum atomic E-state index is 13.3. The first-order chi connectivity index (χ1) is 14.5. The van der Waals surface area contributed by atoms with E-state index in [9.17, 15) is 9.59 Å². The topological polar surface area (TPSA) is 62.7 Å². The third-order valence-electron chi connectivity index (χ3n) is 5.74. The molecule has 7 heteroatoms. The first kappa shape index (κ1) is 22.9. The summed E-state index contributed by atoms with van der Waals surface area (Å²) in [5.41, 5.74) is 2.24. The normalized spacial score (nSPS) is 19.7. The second kappa shape index (κ2) is 11.0. The Balaban J connectivity index is 1.63. The molecule has 3 atom stereocenters. The van der Waals surface area contributed by atoms with Crippen molar-refractivity contribution in [3.63, 3.8) is 0 Å². The third kappa shape index (κ3) is 5.66. The number of nitrogens with zero attached hydrogens (tertiary/aromatic N) is 3. The summed E-state index contributed by atoms with van der Waals surface area (Å²) in [4.78, 5) is 33.9. The van der Waals surface area contributed by atoms with Crippen LogP contribution in [0.1, 0.15) is 27.4 Å². The standard InChI is InChI=1S/C23H28N3O3.Pb/c1-25(13-7-11-19-10-6-12-24-16-19)20-15-21(23(28)29-2)26(17-20)22(27)14-18-8-4-3-5-9-18;/h3-6,8-10,12,14,16,20-21H,7,11,13,15,17H2,1-2H3;. The molecule has 0 aliphatic carbocycles. The number of hydrogen-bond acceptors (Lipinski definition) is 5. The van der Waals surface area contributed by atoms with Gasteiger partial charge in [0.2, 0.25) is 0 Å². The van der Waals surface area contributed by atoms with Gasteiger partial charge < -0.3 is 0 Å². The van der Waals surface area contributed by atoms with Crippen molar-refractivity contribution in [1.82, 2.24) is 14.8 Å². The van der Waals surface area contributed by atoms with Gasteiger partial charge in [-0.3, -0.25) is 0 Å². The molecule has 3 rings (SSSR count). The van der Waals surface area contributed by atoms with E-state index in [1.165, 1.54) is 12.7 Å². The summed E-state index contributed by atoms with van der Waals surface area (Å²) in [7, 11) is 3.47. The Labute approximate surface area is 194 Å². The molecule has 1 amide bonds. The number of carbonyl (C=O) groups excluding carboxylic acids is 2. The predicted molar refractivity (Wildman–Crippen MR) is 116 cm³/mol. The van der Waals surface area contributed by atoms with E-state index in [2.05, 4.69) is 23.0 Å². The van der Waals surface area contributed by atoms with Gasteiger partial charge in [-0.15, -0.1) is 0 Å². The number of methoxy groups -OCH3 is 1. The van der Waals surface area contributed by atoms with E-state index in [1.54, 1.807) is 11.1 Å². The van der Waals surface area contributed by atoms with Gasteiger partial charge in [0.05, 0.1) is 0 Å². The molecule has 0 bridgehead atoms. The van der Waals surface area contributed by atoms with Gasteiger partial charge in [-0.05, 0) is 0 Å². The van der Waals surface area contributed by atoms with Gasteiger partial charge in [-0.1, -0.05) is 0 Å². The number of aromatic nitrogens is 1. The van der Waals surface area contributed by atoms with Crippen LogP contribution in [0, 0.1) is 0 Å². The minimum absolute atomic E-state index is 0.0366. The Bertz CT molecular complexity index is 834. The molecule has 1 aromatic heterocycles. The van der Waals surface area contributed by atoms with Crippen LogP contribution in [0.5, 0.6) is 0 Å². The Hall–Kier alpha value is -1.81. The molecule has 6 nitrogen and oxygen atoms in total. The van der Waals surface area contributed by atoms with E-state index in [4.69, 9.17) is 4.74 Å². The Kier molecular flexibility index (Phi) is 8.38. The molecular weight excluding hydrogens is 573 g/mol. The van der Waals surface area contributed by atoms with Crippen LogP contribution in [0.25, 0.3) is 0 Å². The molecule has 3 unspecified atom stereocenters. The fraction of sp³-hybridized carbons (Fsp3) is 0.435. The molecule has 2 heterocycles. The fourth-order valence-corrected chi connectivity index (χ4v) is 5.34. The second-order valence-corrected chi connectivity index (χ2v) is 9.95. The van der Waals surface area contributed by atoms with Crippen molar-refractivity contribution in [3.8, 4) is 0 Å². The van der Waals surface area contributed by atoms with Crippen molar-refractivity contribution in [2.75, 3.05) is 27.2 Å². The van der Waals surface area contributed by atoms with Crippen LogP contribution < -0.4 is 0 Å². The van der Waals surface area contributed by atoms with Crippen LogP contribution in [0.2, 0.25) is 0 Å². The average Bonchev–Trinajstić information content (AvgIpc) is 3.24. The average molecular weight is 602 g/mol. The van der Waals surface area contributed by atoms with E-state index < -0.39 is 6.04 Å². The molecule has 0 N–H and O–H groups in total. The Morgan fingerprint density at radius 2 is 2.03 bits per heavy atom. The number of pyridine rings is 1. The zero-order valence-electron chi connectivity index (χ0n) is 17.5. The number of esters is 1. The number of benzene rings is 1. The number of carbonyl (C=O) groups is 2. The van der Waals surface area contributed by atoms with Crippen molar-refractivity contribution in [2.45, 2.75) is 34.8 Å². The van der Waals surface area contributed by atoms with Gasteiger partial charge >= 0.3 is 189 Å². The molecular formula is C23H28N3O3Pb. The SMILES string of the molecule is COC(=O)C1CC(N(C)CCCc2cccnc2)CN1C(=O)[CH]([Pb])c1ccccc1. The summed E-state index contributed by atoms with van der Waals surface area (Å²) in [6.45, 7) is 1.46. The third-order valence-corrected chi connectivity index (χ3v) is 7.99. The summed E-state index contributed by atoms with van der Waals surface area (Å²) in [6.07, 6.45) is 6.27. The Morgan fingerprint density at radius 1 is 1.27 bits per heavy atom. The summed E-state index contributed by atoms with van der Waals surface area (Å²) in [5.74, 6) is -0.286. The first-order valence-electron chi connectivity index (χ1n) is 10.2. The molecule has 0 saturated carbocycles. The molecule has 1 aliphatic heterocycles. The van der Waals surface area contributed by atoms with Gasteiger partial charge in [-0.25, -0.2) is 0 Å². The zero-order valence-corrected chi connectivity index (χ0v) is 21.4. The Morgan fingerprint density at radius 3 is 2.70 bits per heavy atom. The molecule has 30 heavy (non-hydrogen) atoms. The maximum absolute atomic E-state index is 13.3. The molecule has 3 radical (unpaired) electrons. The number of ether oxygens (including phenoxy) is 1. The molecule has 1 aromatic carbocycles. The zero-order chi connectivity index (χ0) is 21.5. The number of rotatable bonds is 8. The summed E-state index contributed by atoms with van der Waals surface area (Å²) < 4.78 is 4.86. The number of likely N-dealkylation sites (tertiary alicyclic amines) is 1. The van der Waals surface area contributed by atoms with E-state index >= 15 is 0 Å². The number of likely N-dealkylation sites (N-methyl/N-ethyl adjacent to an activating group) is 1. The van der Waals surface area contributed by atoms with Gasteiger partial charge in [0.25, 0.3) is 0 Å². The van der Waals surface area contributed by atoms with E-state index in [1.807, 2.05) is 42.6 Å². The van der Waals surface area contributed by atoms with Gasteiger partial charge in [0.15, 0.2) is 0 Å². The van der Waals surface area contributed by atoms with Gasteiger partial charge in [0, 0.05) is 6.20 Å². The molecule has 1 saturated heterocycles. The van der Waals surface area contributed by atoms with Crippen molar-refractivity contribution >= 4 is 37.6 Å².